The molecule has 0 amide bonds. The van der Waals surface area contributed by atoms with E-state index in [4.69, 9.17) is 11.6 Å². The number of fused-ring (bicyclic) bond motifs is 1. The Hall–Kier alpha value is -1.28. The molecular weight excluding hydrogens is 234 g/mol. The number of hydrogen-bond acceptors (Lipinski definition) is 2. The number of benzene rings is 1. The molecule has 1 aliphatic rings. The van der Waals surface area contributed by atoms with Crippen LogP contribution in [-0.4, -0.2) is 10.1 Å². The molecule has 88 valence electrons. The first-order valence-corrected chi connectivity index (χ1v) is 6.41. The van der Waals surface area contributed by atoms with Crippen molar-refractivity contribution in [3.05, 3.63) is 35.0 Å². The highest BCUT2D eigenvalue weighted by Crippen LogP contribution is 2.39. The quantitative estimate of drug-likeness (QED) is 0.817. The number of aromatic nitrogens is 1. The van der Waals surface area contributed by atoms with Gasteiger partial charge in [0.1, 0.15) is 5.75 Å². The van der Waals surface area contributed by atoms with Crippen molar-refractivity contribution in [3.8, 4) is 5.75 Å². The maximum atomic E-state index is 10.1. The molecule has 3 heteroatoms. The first-order chi connectivity index (χ1) is 8.25. The number of aromatic hydroxyl groups is 1. The Labute approximate surface area is 105 Å². The molecule has 1 fully saturated rings. The first-order valence-electron chi connectivity index (χ1n) is 6.04. The summed E-state index contributed by atoms with van der Waals surface area (Å²) in [6, 6.07) is 7.42. The zero-order chi connectivity index (χ0) is 11.8. The highest BCUT2D eigenvalue weighted by Gasteiger charge is 2.22. The van der Waals surface area contributed by atoms with Crippen molar-refractivity contribution in [1.82, 2.24) is 4.98 Å². The lowest BCUT2D eigenvalue weighted by atomic mass is 10.0. The van der Waals surface area contributed by atoms with Gasteiger partial charge in [0.25, 0.3) is 0 Å². The number of hydrogen-bond donors (Lipinski definition) is 1. The van der Waals surface area contributed by atoms with E-state index in [0.29, 0.717) is 16.7 Å². The second-order valence-electron chi connectivity index (χ2n) is 4.69. The molecule has 17 heavy (non-hydrogen) atoms. The van der Waals surface area contributed by atoms with E-state index in [2.05, 4.69) is 4.98 Å². The monoisotopic (exact) mass is 247 g/mol. The second-order valence-corrected chi connectivity index (χ2v) is 5.09. The maximum absolute atomic E-state index is 10.1. The van der Waals surface area contributed by atoms with Gasteiger partial charge in [0.2, 0.25) is 0 Å². The van der Waals surface area contributed by atoms with Crippen LogP contribution in [0.1, 0.15) is 37.3 Å². The fourth-order valence-electron chi connectivity index (χ4n) is 2.67. The molecule has 1 heterocycles. The van der Waals surface area contributed by atoms with Crippen molar-refractivity contribution in [2.24, 2.45) is 0 Å². The molecule has 0 atom stereocenters. The van der Waals surface area contributed by atoms with Gasteiger partial charge in [-0.1, -0.05) is 36.6 Å². The lowest BCUT2D eigenvalue weighted by molar-refractivity contribution is 0.457. The van der Waals surface area contributed by atoms with Gasteiger partial charge >= 0.3 is 0 Å². The summed E-state index contributed by atoms with van der Waals surface area (Å²) in [5.74, 6) is 0.710. The van der Waals surface area contributed by atoms with E-state index < -0.39 is 0 Å². The summed E-state index contributed by atoms with van der Waals surface area (Å²) in [4.78, 5) is 4.57. The van der Waals surface area contributed by atoms with Crippen LogP contribution in [0.5, 0.6) is 5.75 Å². The van der Waals surface area contributed by atoms with Crippen LogP contribution in [0.3, 0.4) is 0 Å². The van der Waals surface area contributed by atoms with E-state index in [0.717, 1.165) is 29.4 Å². The van der Waals surface area contributed by atoms with E-state index in [-0.39, 0.29) is 0 Å². The van der Waals surface area contributed by atoms with Gasteiger partial charge in [0.05, 0.1) is 16.2 Å². The van der Waals surface area contributed by atoms with E-state index in [1.54, 1.807) is 6.07 Å². The average Bonchev–Trinajstić information content (AvgIpc) is 2.82. The standard InChI is InChI=1S/C14H14ClNO/c15-11-7-3-6-10-8-12(17)14(16-13(10)11)9-4-1-2-5-9/h3,6-9,17H,1-2,4-5H2. The summed E-state index contributed by atoms with van der Waals surface area (Å²) < 4.78 is 0. The third-order valence-corrected chi connectivity index (χ3v) is 3.85. The van der Waals surface area contributed by atoms with Crippen molar-refractivity contribution in [1.29, 1.82) is 0 Å². The number of halogens is 1. The fraction of sp³-hybridized carbons (Fsp3) is 0.357. The maximum Gasteiger partial charge on any atom is 0.138 e. The second kappa shape index (κ2) is 4.19. The van der Waals surface area contributed by atoms with Crippen LogP contribution in [0.25, 0.3) is 10.9 Å². The zero-order valence-electron chi connectivity index (χ0n) is 9.49. The highest BCUT2D eigenvalue weighted by molar-refractivity contribution is 6.35. The van der Waals surface area contributed by atoms with Crippen molar-refractivity contribution in [2.45, 2.75) is 31.6 Å². The van der Waals surface area contributed by atoms with Gasteiger partial charge in [-0.25, -0.2) is 4.98 Å². The van der Waals surface area contributed by atoms with Gasteiger partial charge in [0, 0.05) is 11.3 Å². The minimum Gasteiger partial charge on any atom is -0.506 e. The highest BCUT2D eigenvalue weighted by atomic mass is 35.5. The van der Waals surface area contributed by atoms with Gasteiger partial charge < -0.3 is 5.11 Å². The molecule has 3 rings (SSSR count). The Bertz CT molecular complexity index is 561. The molecule has 1 aromatic heterocycles. The molecule has 0 radical (unpaired) electrons. The number of rotatable bonds is 1. The third kappa shape index (κ3) is 1.87. The van der Waals surface area contributed by atoms with Crippen molar-refractivity contribution >= 4 is 22.5 Å². The molecule has 2 aromatic rings. The normalized spacial score (nSPS) is 16.8. The molecular formula is C14H14ClNO. The Balaban J connectivity index is 2.18. The minimum absolute atomic E-state index is 0.312. The number of pyridine rings is 1. The van der Waals surface area contributed by atoms with Crippen LogP contribution in [0, 0.1) is 0 Å². The molecule has 0 unspecified atom stereocenters. The molecule has 0 saturated heterocycles. The molecule has 0 aliphatic heterocycles. The van der Waals surface area contributed by atoms with E-state index in [1.165, 1.54) is 12.8 Å². The van der Waals surface area contributed by atoms with E-state index in [9.17, 15) is 5.11 Å². The van der Waals surface area contributed by atoms with Crippen LogP contribution in [0.4, 0.5) is 0 Å². The number of para-hydroxylation sites is 1. The smallest absolute Gasteiger partial charge is 0.138 e. The average molecular weight is 248 g/mol. The van der Waals surface area contributed by atoms with Crippen molar-refractivity contribution in [3.63, 3.8) is 0 Å². The van der Waals surface area contributed by atoms with Gasteiger partial charge in [-0.05, 0) is 25.0 Å². The summed E-state index contributed by atoms with van der Waals surface area (Å²) in [5.41, 5.74) is 1.62. The zero-order valence-corrected chi connectivity index (χ0v) is 10.2. The molecule has 1 aliphatic carbocycles. The number of nitrogens with zero attached hydrogens (tertiary/aromatic N) is 1. The third-order valence-electron chi connectivity index (χ3n) is 3.55. The molecule has 1 N–H and O–H groups in total. The van der Waals surface area contributed by atoms with Crippen LogP contribution >= 0.6 is 11.6 Å². The Morgan fingerprint density at radius 3 is 2.76 bits per heavy atom. The summed E-state index contributed by atoms with van der Waals surface area (Å²) in [6.45, 7) is 0. The largest absolute Gasteiger partial charge is 0.506 e. The van der Waals surface area contributed by atoms with Crippen LogP contribution in [0.2, 0.25) is 5.02 Å². The van der Waals surface area contributed by atoms with Gasteiger partial charge in [-0.2, -0.15) is 0 Å². The van der Waals surface area contributed by atoms with E-state index >= 15 is 0 Å². The predicted molar refractivity (Wildman–Crippen MR) is 69.6 cm³/mol. The lowest BCUT2D eigenvalue weighted by Gasteiger charge is -2.12. The SMILES string of the molecule is Oc1cc2cccc(Cl)c2nc1C1CCCC1. The fourth-order valence-corrected chi connectivity index (χ4v) is 2.89. The topological polar surface area (TPSA) is 33.1 Å². The van der Waals surface area contributed by atoms with Gasteiger partial charge in [0.15, 0.2) is 0 Å². The summed E-state index contributed by atoms with van der Waals surface area (Å²) in [7, 11) is 0. The molecule has 0 spiro atoms. The first kappa shape index (κ1) is 10.8. The Morgan fingerprint density at radius 2 is 2.00 bits per heavy atom. The van der Waals surface area contributed by atoms with Crippen LogP contribution < -0.4 is 0 Å². The van der Waals surface area contributed by atoms with Gasteiger partial charge in [-0.3, -0.25) is 0 Å². The van der Waals surface area contributed by atoms with E-state index in [1.807, 2.05) is 18.2 Å². The Morgan fingerprint density at radius 1 is 1.24 bits per heavy atom. The van der Waals surface area contributed by atoms with Crippen LogP contribution in [-0.2, 0) is 0 Å². The molecule has 1 aromatic carbocycles. The van der Waals surface area contributed by atoms with Crippen molar-refractivity contribution in [2.75, 3.05) is 0 Å². The predicted octanol–water partition coefficient (Wildman–Crippen LogP) is 4.25. The minimum atomic E-state index is 0.312. The molecule has 1 saturated carbocycles. The molecule has 0 bridgehead atoms. The summed E-state index contributed by atoms with van der Waals surface area (Å²) in [5, 5.41) is 11.6. The van der Waals surface area contributed by atoms with Crippen molar-refractivity contribution < 1.29 is 5.11 Å². The molecule has 2 nitrogen and oxygen atoms in total. The lowest BCUT2D eigenvalue weighted by Crippen LogP contribution is -1.97. The van der Waals surface area contributed by atoms with Crippen LogP contribution in [0.15, 0.2) is 24.3 Å². The van der Waals surface area contributed by atoms with Gasteiger partial charge in [-0.15, -0.1) is 0 Å². The Kier molecular flexibility index (Phi) is 2.67. The summed E-state index contributed by atoms with van der Waals surface area (Å²) >= 11 is 6.14. The summed E-state index contributed by atoms with van der Waals surface area (Å²) in [6.07, 6.45) is 4.70.